The number of aryl methyl sites for hydroxylation is 1. The van der Waals surface area contributed by atoms with E-state index in [1.807, 2.05) is 0 Å². The molecule has 0 unspecified atom stereocenters. The van der Waals surface area contributed by atoms with Crippen molar-refractivity contribution in [1.82, 2.24) is 0 Å². The molecule has 0 aliphatic heterocycles. The third kappa shape index (κ3) is 3.91. The Kier molecular flexibility index (Phi) is 5.86. The Morgan fingerprint density at radius 3 is 1.44 bits per heavy atom. The quantitative estimate of drug-likeness (QED) is 0.192. The van der Waals surface area contributed by atoms with Crippen LogP contribution in [0.25, 0.3) is 22.3 Å². The molecule has 4 saturated carbocycles. The van der Waals surface area contributed by atoms with Gasteiger partial charge in [0.05, 0.1) is 0 Å². The number of fused-ring (bicyclic) bond motifs is 6. The van der Waals surface area contributed by atoms with E-state index in [0.717, 1.165) is 17.8 Å². The maximum absolute atomic E-state index is 2.59. The summed E-state index contributed by atoms with van der Waals surface area (Å²) < 4.78 is 0. The minimum atomic E-state index is -0.0490. The summed E-state index contributed by atoms with van der Waals surface area (Å²) in [6.07, 6.45) is 8.68. The second-order valence-electron chi connectivity index (χ2n) is 17.3. The first-order chi connectivity index (χ1) is 23.1. The average molecular weight is 626 g/mol. The Balaban J connectivity index is 1.13. The van der Waals surface area contributed by atoms with Gasteiger partial charge in [-0.15, -0.1) is 0 Å². The summed E-state index contributed by atoms with van der Waals surface area (Å²) in [7, 11) is 0. The van der Waals surface area contributed by atoms with Crippen LogP contribution in [0.1, 0.15) is 99.6 Å². The summed E-state index contributed by atoms with van der Waals surface area (Å²) in [6, 6.07) is 40.1. The summed E-state index contributed by atoms with van der Waals surface area (Å²) in [5, 5.41) is 0. The molecule has 5 aromatic rings. The summed E-state index contributed by atoms with van der Waals surface area (Å²) in [6.45, 7) is 11.9. The predicted octanol–water partition coefficient (Wildman–Crippen LogP) is 12.5. The smallest absolute Gasteiger partial charge is 0.0490 e. The number of nitrogens with zero attached hydrogens (tertiary/aromatic N) is 1. The normalized spacial score (nSPS) is 26.1. The van der Waals surface area contributed by atoms with Gasteiger partial charge in [-0.05, 0) is 155 Å². The molecular weight excluding hydrogens is 579 g/mol. The molecule has 1 nitrogen and oxygen atoms in total. The van der Waals surface area contributed by atoms with Crippen molar-refractivity contribution < 1.29 is 0 Å². The van der Waals surface area contributed by atoms with E-state index >= 15 is 0 Å². The van der Waals surface area contributed by atoms with Crippen molar-refractivity contribution in [3.63, 3.8) is 0 Å². The van der Waals surface area contributed by atoms with Crippen LogP contribution < -0.4 is 4.90 Å². The lowest BCUT2D eigenvalue weighted by molar-refractivity contribution is -0.00520. The van der Waals surface area contributed by atoms with Gasteiger partial charge < -0.3 is 4.90 Å². The van der Waals surface area contributed by atoms with Crippen molar-refractivity contribution in [2.45, 2.75) is 89.4 Å². The molecule has 0 heterocycles. The highest BCUT2D eigenvalue weighted by Crippen LogP contribution is 2.61. The average Bonchev–Trinajstić information content (AvgIpc) is 3.44. The Hall–Kier alpha value is -4.10. The molecule has 1 heteroatoms. The molecule has 6 aliphatic rings. The number of hydrogen-bond donors (Lipinski definition) is 0. The fourth-order valence-electron chi connectivity index (χ4n) is 11.8. The summed E-state index contributed by atoms with van der Waals surface area (Å²) in [5.74, 6) is 2.85. The van der Waals surface area contributed by atoms with Crippen LogP contribution in [0.4, 0.5) is 17.1 Å². The van der Waals surface area contributed by atoms with E-state index in [9.17, 15) is 0 Å². The van der Waals surface area contributed by atoms with Crippen LogP contribution in [0, 0.1) is 24.7 Å². The van der Waals surface area contributed by atoms with E-state index in [1.54, 1.807) is 5.56 Å². The molecule has 0 radical (unpaired) electrons. The molecule has 0 saturated heterocycles. The molecule has 240 valence electrons. The fraction of sp³-hybridized carbons (Fsp3) is 0.362. The highest BCUT2D eigenvalue weighted by Gasteiger charge is 2.51. The van der Waals surface area contributed by atoms with E-state index in [0.29, 0.717) is 5.41 Å². The SMILES string of the molecule is Cc1cc(C23CC4CC(CC(C4)C2)C3)ccc1N(c1ccc2c(c1)C(C)(C)c1ccccc1-2)c1ccc2c(c1)C(C)(C)c1ccccc1-2. The van der Waals surface area contributed by atoms with Gasteiger partial charge in [0.1, 0.15) is 0 Å². The van der Waals surface area contributed by atoms with Gasteiger partial charge in [-0.1, -0.05) is 100 Å². The Morgan fingerprint density at radius 1 is 0.500 bits per heavy atom. The van der Waals surface area contributed by atoms with Crippen LogP contribution >= 0.6 is 0 Å². The van der Waals surface area contributed by atoms with Crippen LogP contribution in [-0.2, 0) is 16.2 Å². The lowest BCUT2D eigenvalue weighted by Crippen LogP contribution is -2.48. The van der Waals surface area contributed by atoms with Gasteiger partial charge >= 0.3 is 0 Å². The maximum atomic E-state index is 2.59. The highest BCUT2D eigenvalue weighted by molar-refractivity contribution is 5.88. The summed E-state index contributed by atoms with van der Waals surface area (Å²) in [5.41, 5.74) is 18.3. The highest BCUT2D eigenvalue weighted by atomic mass is 15.1. The van der Waals surface area contributed by atoms with Crippen LogP contribution in [0.3, 0.4) is 0 Å². The van der Waals surface area contributed by atoms with Gasteiger partial charge in [0.25, 0.3) is 0 Å². The second kappa shape index (κ2) is 9.75. The maximum Gasteiger partial charge on any atom is 0.0490 e. The first-order valence-electron chi connectivity index (χ1n) is 18.5. The van der Waals surface area contributed by atoms with Crippen LogP contribution in [0.15, 0.2) is 103 Å². The largest absolute Gasteiger partial charge is 0.310 e. The Morgan fingerprint density at radius 2 is 0.958 bits per heavy atom. The zero-order valence-electron chi connectivity index (χ0n) is 29.2. The zero-order chi connectivity index (χ0) is 32.6. The first kappa shape index (κ1) is 28.9. The molecule has 0 aromatic heterocycles. The Bertz CT molecular complexity index is 2000. The lowest BCUT2D eigenvalue weighted by atomic mass is 9.48. The minimum absolute atomic E-state index is 0.0490. The van der Waals surface area contributed by atoms with Gasteiger partial charge in [0, 0.05) is 27.9 Å². The lowest BCUT2D eigenvalue weighted by Gasteiger charge is -2.57. The van der Waals surface area contributed by atoms with E-state index < -0.39 is 0 Å². The molecule has 11 rings (SSSR count). The molecule has 6 aliphatic carbocycles. The van der Waals surface area contributed by atoms with Gasteiger partial charge in [0.2, 0.25) is 0 Å². The third-order valence-corrected chi connectivity index (χ3v) is 13.7. The number of hydrogen-bond acceptors (Lipinski definition) is 1. The number of benzene rings is 5. The van der Waals surface area contributed by atoms with Crippen LogP contribution in [0.2, 0.25) is 0 Å². The summed E-state index contributed by atoms with van der Waals surface area (Å²) in [4.78, 5) is 2.57. The van der Waals surface area contributed by atoms with Crippen molar-refractivity contribution in [2.75, 3.05) is 4.90 Å². The molecule has 5 aromatic carbocycles. The predicted molar refractivity (Wildman–Crippen MR) is 201 cm³/mol. The topological polar surface area (TPSA) is 3.24 Å². The molecule has 48 heavy (non-hydrogen) atoms. The standard InChI is InChI=1S/C47H47N/c1-29-20-33(47-26-30-21-31(27-47)23-32(22-30)28-47)14-19-44(29)48(34-15-17-38-36-10-6-8-12-40(36)45(2,3)42(38)24-34)35-16-18-39-37-11-7-9-13-41(37)46(4,5)43(39)25-35/h6-20,24-25,30-32H,21-23,26-28H2,1-5H3. The van der Waals surface area contributed by atoms with Crippen molar-refractivity contribution in [1.29, 1.82) is 0 Å². The molecule has 0 N–H and O–H groups in total. The number of anilines is 3. The Labute approximate surface area is 287 Å². The van der Waals surface area contributed by atoms with E-state index in [-0.39, 0.29) is 10.8 Å². The fourth-order valence-corrected chi connectivity index (χ4v) is 11.8. The monoisotopic (exact) mass is 625 g/mol. The van der Waals surface area contributed by atoms with E-state index in [4.69, 9.17) is 0 Å². The molecule has 0 spiro atoms. The van der Waals surface area contributed by atoms with E-state index in [1.165, 1.54) is 106 Å². The number of rotatable bonds is 4. The molecule has 0 atom stereocenters. The second-order valence-corrected chi connectivity index (χ2v) is 17.3. The molecule has 4 bridgehead atoms. The van der Waals surface area contributed by atoms with Crippen molar-refractivity contribution in [3.05, 3.63) is 137 Å². The van der Waals surface area contributed by atoms with Gasteiger partial charge in [-0.3, -0.25) is 0 Å². The molecular formula is C47H47N. The van der Waals surface area contributed by atoms with Gasteiger partial charge in [-0.25, -0.2) is 0 Å². The first-order valence-corrected chi connectivity index (χ1v) is 18.5. The van der Waals surface area contributed by atoms with Crippen molar-refractivity contribution in [2.24, 2.45) is 17.8 Å². The van der Waals surface area contributed by atoms with Crippen molar-refractivity contribution >= 4 is 17.1 Å². The minimum Gasteiger partial charge on any atom is -0.310 e. The van der Waals surface area contributed by atoms with Crippen LogP contribution in [0.5, 0.6) is 0 Å². The zero-order valence-corrected chi connectivity index (χ0v) is 29.2. The third-order valence-electron chi connectivity index (χ3n) is 13.7. The van der Waals surface area contributed by atoms with Gasteiger partial charge in [-0.2, -0.15) is 0 Å². The summed E-state index contributed by atoms with van der Waals surface area (Å²) >= 11 is 0. The molecule has 4 fully saturated rings. The molecule has 0 amide bonds. The van der Waals surface area contributed by atoms with Crippen molar-refractivity contribution in [3.8, 4) is 22.3 Å². The van der Waals surface area contributed by atoms with E-state index in [2.05, 4.69) is 143 Å². The van der Waals surface area contributed by atoms with Crippen LogP contribution in [-0.4, -0.2) is 0 Å². The van der Waals surface area contributed by atoms with Gasteiger partial charge in [0.15, 0.2) is 0 Å².